The van der Waals surface area contributed by atoms with Gasteiger partial charge in [-0.2, -0.15) is 0 Å². The molecule has 3 heteroatoms. The highest BCUT2D eigenvalue weighted by molar-refractivity contribution is 5.89. The predicted octanol–water partition coefficient (Wildman–Crippen LogP) is 6.69. The van der Waals surface area contributed by atoms with E-state index in [4.69, 9.17) is 4.74 Å². The molecule has 0 heterocycles. The van der Waals surface area contributed by atoms with E-state index in [1.54, 1.807) is 7.11 Å². The topological polar surface area (TPSA) is 38.3 Å². The lowest BCUT2D eigenvalue weighted by Crippen LogP contribution is -2.30. The van der Waals surface area contributed by atoms with Crippen LogP contribution >= 0.6 is 0 Å². The summed E-state index contributed by atoms with van der Waals surface area (Å²) < 4.78 is 5.36. The molecule has 2 aromatic rings. The molecule has 0 unspecified atom stereocenters. The summed E-state index contributed by atoms with van der Waals surface area (Å²) in [5, 5.41) is 2.86. The van der Waals surface area contributed by atoms with Crippen LogP contribution in [0.4, 0.5) is 5.69 Å². The molecule has 29 heavy (non-hydrogen) atoms. The fourth-order valence-corrected chi connectivity index (χ4v) is 5.07. The second-order valence-corrected chi connectivity index (χ2v) is 9.82. The van der Waals surface area contributed by atoms with Gasteiger partial charge in [-0.05, 0) is 71.1 Å². The van der Waals surface area contributed by atoms with Crippen LogP contribution in [0.2, 0.25) is 0 Å². The quantitative estimate of drug-likeness (QED) is 0.630. The molecule has 0 spiro atoms. The number of hydrogen-bond acceptors (Lipinski definition) is 2. The molecule has 1 aliphatic rings. The number of anilines is 1. The molecule has 1 N–H and O–H groups in total. The summed E-state index contributed by atoms with van der Waals surface area (Å²) in [7, 11) is 1.70. The fraction of sp³-hybridized carbons (Fsp3) is 0.423. The van der Waals surface area contributed by atoms with Crippen molar-refractivity contribution in [3.63, 3.8) is 0 Å². The smallest absolute Gasteiger partial charge is 0.221 e. The molecule has 2 aromatic carbocycles. The van der Waals surface area contributed by atoms with Crippen molar-refractivity contribution >= 4 is 17.2 Å². The minimum atomic E-state index is -0.0535. The first-order valence-corrected chi connectivity index (χ1v) is 10.3. The minimum absolute atomic E-state index is 0.0535. The highest BCUT2D eigenvalue weighted by Crippen LogP contribution is 2.50. The van der Waals surface area contributed by atoms with Crippen LogP contribution in [0.3, 0.4) is 0 Å². The number of amides is 1. The van der Waals surface area contributed by atoms with E-state index in [1.807, 2.05) is 24.3 Å². The van der Waals surface area contributed by atoms with Crippen LogP contribution < -0.4 is 10.1 Å². The summed E-state index contributed by atoms with van der Waals surface area (Å²) in [5.41, 5.74) is 6.57. The van der Waals surface area contributed by atoms with Crippen molar-refractivity contribution in [1.82, 2.24) is 0 Å². The van der Waals surface area contributed by atoms with Gasteiger partial charge >= 0.3 is 0 Å². The van der Waals surface area contributed by atoms with E-state index in [2.05, 4.69) is 57.3 Å². The van der Waals surface area contributed by atoms with E-state index in [1.165, 1.54) is 35.6 Å². The van der Waals surface area contributed by atoms with Gasteiger partial charge in [-0.15, -0.1) is 0 Å². The van der Waals surface area contributed by atoms with Crippen LogP contribution in [-0.4, -0.2) is 13.0 Å². The van der Waals surface area contributed by atoms with Crippen molar-refractivity contribution in [3.8, 4) is 5.75 Å². The Labute approximate surface area is 175 Å². The van der Waals surface area contributed by atoms with E-state index in [9.17, 15) is 4.79 Å². The lowest BCUT2D eigenvalue weighted by Gasteiger charge is -2.43. The van der Waals surface area contributed by atoms with Crippen LogP contribution in [0.15, 0.2) is 54.1 Å². The van der Waals surface area contributed by atoms with Crippen LogP contribution in [0, 0.1) is 10.8 Å². The van der Waals surface area contributed by atoms with Crippen molar-refractivity contribution in [3.05, 3.63) is 65.2 Å². The summed E-state index contributed by atoms with van der Waals surface area (Å²) >= 11 is 0. The van der Waals surface area contributed by atoms with Gasteiger partial charge in [0.25, 0.3) is 0 Å². The van der Waals surface area contributed by atoms with Gasteiger partial charge in [-0.3, -0.25) is 4.79 Å². The van der Waals surface area contributed by atoms with Crippen molar-refractivity contribution in [2.75, 3.05) is 12.4 Å². The summed E-state index contributed by atoms with van der Waals surface area (Å²) in [6.07, 6.45) is 3.40. The molecule has 0 saturated heterocycles. The molecular weight excluding hydrogens is 358 g/mol. The van der Waals surface area contributed by atoms with Gasteiger partial charge in [0.2, 0.25) is 5.91 Å². The lowest BCUT2D eigenvalue weighted by molar-refractivity contribution is -0.114. The molecule has 3 rings (SSSR count). The largest absolute Gasteiger partial charge is 0.497 e. The Hall–Kier alpha value is -2.55. The Balaban J connectivity index is 2.12. The number of carbonyl (C=O) groups excluding carboxylic acids is 1. The third-order valence-electron chi connectivity index (χ3n) is 5.57. The zero-order valence-corrected chi connectivity index (χ0v) is 18.6. The summed E-state index contributed by atoms with van der Waals surface area (Å²) in [5.74, 6) is 0.811. The zero-order chi connectivity index (χ0) is 21.2. The highest BCUT2D eigenvalue weighted by Gasteiger charge is 2.37. The van der Waals surface area contributed by atoms with E-state index >= 15 is 0 Å². The molecule has 0 aromatic heterocycles. The first-order chi connectivity index (χ1) is 13.6. The van der Waals surface area contributed by atoms with Crippen LogP contribution in [-0.2, 0) is 4.79 Å². The first kappa shape index (κ1) is 21.2. The van der Waals surface area contributed by atoms with Crippen molar-refractivity contribution in [2.24, 2.45) is 10.8 Å². The van der Waals surface area contributed by atoms with Crippen molar-refractivity contribution in [2.45, 2.75) is 53.9 Å². The third-order valence-corrected chi connectivity index (χ3v) is 5.57. The number of benzene rings is 2. The molecule has 0 aliphatic heterocycles. The predicted molar refractivity (Wildman–Crippen MR) is 121 cm³/mol. The van der Waals surface area contributed by atoms with Gasteiger partial charge in [0.1, 0.15) is 5.75 Å². The average molecular weight is 392 g/mol. The van der Waals surface area contributed by atoms with E-state index in [0.717, 1.165) is 24.3 Å². The van der Waals surface area contributed by atoms with Crippen molar-refractivity contribution < 1.29 is 9.53 Å². The molecule has 3 nitrogen and oxygen atoms in total. The maximum absolute atomic E-state index is 11.4. The van der Waals surface area contributed by atoms with Gasteiger partial charge in [0.05, 0.1) is 7.11 Å². The zero-order valence-electron chi connectivity index (χ0n) is 18.6. The molecule has 0 radical (unpaired) electrons. The Bertz CT molecular complexity index is 885. The van der Waals surface area contributed by atoms with Crippen molar-refractivity contribution in [1.29, 1.82) is 0 Å². The average Bonchev–Trinajstić information content (AvgIpc) is 2.61. The molecule has 1 fully saturated rings. The maximum Gasteiger partial charge on any atom is 0.221 e. The molecule has 0 atom stereocenters. The highest BCUT2D eigenvalue weighted by atomic mass is 16.5. The Kier molecular flexibility index (Phi) is 5.88. The van der Waals surface area contributed by atoms with Gasteiger partial charge in [-0.25, -0.2) is 0 Å². The molecule has 1 amide bonds. The maximum atomic E-state index is 11.4. The van der Waals surface area contributed by atoms with Gasteiger partial charge < -0.3 is 10.1 Å². The Morgan fingerprint density at radius 1 is 0.862 bits per heavy atom. The standard InChI is InChI=1S/C26H33NO2/c1-18(28)27-22-11-7-19(8-12-22)24(20-9-13-23(29-6)14-10-20)21-15-25(2,3)17-26(4,5)16-21/h7-14H,15-17H2,1-6H3,(H,27,28). The summed E-state index contributed by atoms with van der Waals surface area (Å²) in [4.78, 5) is 11.4. The number of nitrogens with one attached hydrogen (secondary N) is 1. The monoisotopic (exact) mass is 391 g/mol. The lowest BCUT2D eigenvalue weighted by atomic mass is 9.62. The molecule has 0 bridgehead atoms. The van der Waals surface area contributed by atoms with Gasteiger partial charge in [0.15, 0.2) is 0 Å². The Morgan fingerprint density at radius 3 is 1.79 bits per heavy atom. The molecule has 1 saturated carbocycles. The van der Waals surface area contributed by atoms with Gasteiger partial charge in [0, 0.05) is 12.6 Å². The van der Waals surface area contributed by atoms with Crippen LogP contribution in [0.5, 0.6) is 5.75 Å². The number of carbonyl (C=O) groups is 1. The molecule has 154 valence electrons. The summed E-state index contributed by atoms with van der Waals surface area (Å²) in [6.45, 7) is 11.0. The minimum Gasteiger partial charge on any atom is -0.497 e. The number of hydrogen-bond donors (Lipinski definition) is 1. The van der Waals surface area contributed by atoms with E-state index in [0.29, 0.717) is 0 Å². The number of ether oxygens (including phenoxy) is 1. The summed E-state index contributed by atoms with van der Waals surface area (Å²) in [6, 6.07) is 16.6. The second-order valence-electron chi connectivity index (χ2n) is 9.82. The van der Waals surface area contributed by atoms with E-state index in [-0.39, 0.29) is 16.7 Å². The van der Waals surface area contributed by atoms with Gasteiger partial charge in [-0.1, -0.05) is 57.5 Å². The second kappa shape index (κ2) is 8.06. The molecular formula is C26H33NO2. The molecule has 1 aliphatic carbocycles. The van der Waals surface area contributed by atoms with Crippen LogP contribution in [0.1, 0.15) is 65.0 Å². The SMILES string of the molecule is COc1ccc(C(=C2CC(C)(C)CC(C)(C)C2)c2ccc(NC(C)=O)cc2)cc1. The Morgan fingerprint density at radius 2 is 1.34 bits per heavy atom. The number of rotatable bonds is 4. The number of methoxy groups -OCH3 is 1. The van der Waals surface area contributed by atoms with E-state index < -0.39 is 0 Å². The normalized spacial score (nSPS) is 17.5. The van der Waals surface area contributed by atoms with Crippen LogP contribution in [0.25, 0.3) is 5.57 Å². The first-order valence-electron chi connectivity index (χ1n) is 10.3. The number of allylic oxidation sites excluding steroid dienone is 1. The third kappa shape index (κ3) is 5.29. The fourth-order valence-electron chi connectivity index (χ4n) is 5.07.